The average molecular weight is 320 g/mol. The molecule has 0 aliphatic heterocycles. The Labute approximate surface area is 120 Å². The van der Waals surface area contributed by atoms with Gasteiger partial charge in [-0.2, -0.15) is 0 Å². The lowest BCUT2D eigenvalue weighted by molar-refractivity contribution is 0.102. The Hall–Kier alpha value is -1.72. The Morgan fingerprint density at radius 2 is 2.16 bits per heavy atom. The molecule has 1 amide bonds. The highest BCUT2D eigenvalue weighted by molar-refractivity contribution is 9.10. The Balaban J connectivity index is 2.12. The minimum absolute atomic E-state index is 0.171. The molecule has 0 bridgehead atoms. The molecular weight excluding hydrogens is 306 g/mol. The molecule has 4 nitrogen and oxygen atoms in total. The predicted molar refractivity (Wildman–Crippen MR) is 79.1 cm³/mol. The van der Waals surface area contributed by atoms with Gasteiger partial charge in [-0.1, -0.05) is 12.1 Å². The maximum Gasteiger partial charge on any atom is 0.257 e. The summed E-state index contributed by atoms with van der Waals surface area (Å²) in [5, 5.41) is 5.93. The van der Waals surface area contributed by atoms with E-state index in [-0.39, 0.29) is 5.91 Å². The number of nitrogens with zero attached hydrogens (tertiary/aromatic N) is 1. The lowest BCUT2D eigenvalue weighted by atomic mass is 10.2. The zero-order chi connectivity index (χ0) is 13.7. The fraction of sp³-hybridized carbons (Fsp3) is 0.143. The molecule has 2 aromatic rings. The maximum atomic E-state index is 12.0. The van der Waals surface area contributed by atoms with Gasteiger partial charge in [-0.3, -0.25) is 9.78 Å². The van der Waals surface area contributed by atoms with Crippen molar-refractivity contribution in [3.8, 4) is 0 Å². The molecule has 0 aliphatic rings. The van der Waals surface area contributed by atoms with Gasteiger partial charge in [-0.05, 0) is 46.7 Å². The molecule has 98 valence electrons. The molecule has 2 N–H and O–H groups in total. The number of carbonyl (C=O) groups excluding carboxylic acids is 1. The number of carbonyl (C=O) groups is 1. The van der Waals surface area contributed by atoms with E-state index in [9.17, 15) is 4.79 Å². The van der Waals surface area contributed by atoms with Gasteiger partial charge in [0.2, 0.25) is 0 Å². The van der Waals surface area contributed by atoms with Gasteiger partial charge >= 0.3 is 0 Å². The number of aromatic nitrogens is 1. The van der Waals surface area contributed by atoms with E-state index in [1.54, 1.807) is 12.3 Å². The molecule has 0 unspecified atom stereocenters. The summed E-state index contributed by atoms with van der Waals surface area (Å²) in [7, 11) is 1.89. The molecule has 19 heavy (non-hydrogen) atoms. The molecular formula is C14H14BrN3O. The summed E-state index contributed by atoms with van der Waals surface area (Å²) < 4.78 is 0.782. The molecule has 0 aliphatic carbocycles. The number of nitrogens with one attached hydrogen (secondary N) is 2. The Bertz CT molecular complexity index is 586. The second-order valence-corrected chi connectivity index (χ2v) is 4.99. The van der Waals surface area contributed by atoms with Gasteiger partial charge in [0, 0.05) is 29.1 Å². The highest BCUT2D eigenvalue weighted by atomic mass is 79.9. The van der Waals surface area contributed by atoms with Gasteiger partial charge < -0.3 is 10.6 Å². The van der Waals surface area contributed by atoms with E-state index in [1.165, 1.54) is 6.20 Å². The fourth-order valence-corrected chi connectivity index (χ4v) is 2.07. The van der Waals surface area contributed by atoms with Crippen LogP contribution >= 0.6 is 15.9 Å². The van der Waals surface area contributed by atoms with Crippen LogP contribution in [0.25, 0.3) is 0 Å². The largest absolute Gasteiger partial charge is 0.322 e. The zero-order valence-corrected chi connectivity index (χ0v) is 12.1. The summed E-state index contributed by atoms with van der Waals surface area (Å²) in [5.74, 6) is -0.171. The van der Waals surface area contributed by atoms with E-state index in [0.717, 1.165) is 22.3 Å². The van der Waals surface area contributed by atoms with Crippen molar-refractivity contribution in [1.29, 1.82) is 0 Å². The van der Waals surface area contributed by atoms with E-state index in [0.29, 0.717) is 5.56 Å². The van der Waals surface area contributed by atoms with Crippen LogP contribution in [0.3, 0.4) is 0 Å². The summed E-state index contributed by atoms with van der Waals surface area (Å²) >= 11 is 3.30. The molecule has 0 saturated carbocycles. The van der Waals surface area contributed by atoms with E-state index < -0.39 is 0 Å². The van der Waals surface area contributed by atoms with Crippen LogP contribution < -0.4 is 10.6 Å². The second-order valence-electron chi connectivity index (χ2n) is 4.08. The topological polar surface area (TPSA) is 54.0 Å². The summed E-state index contributed by atoms with van der Waals surface area (Å²) in [6, 6.07) is 9.47. The van der Waals surface area contributed by atoms with Crippen LogP contribution in [0.15, 0.2) is 47.2 Å². The molecule has 0 spiro atoms. The molecule has 1 aromatic carbocycles. The van der Waals surface area contributed by atoms with Crippen LogP contribution in [-0.2, 0) is 6.54 Å². The smallest absolute Gasteiger partial charge is 0.257 e. The molecule has 0 fully saturated rings. The number of hydrogen-bond donors (Lipinski definition) is 2. The van der Waals surface area contributed by atoms with Crippen LogP contribution in [0.2, 0.25) is 0 Å². The van der Waals surface area contributed by atoms with Crippen molar-refractivity contribution in [2.24, 2.45) is 0 Å². The van der Waals surface area contributed by atoms with E-state index >= 15 is 0 Å². The number of amides is 1. The van der Waals surface area contributed by atoms with Crippen molar-refractivity contribution in [3.63, 3.8) is 0 Å². The predicted octanol–water partition coefficient (Wildman–Crippen LogP) is 2.82. The third-order valence-corrected chi connectivity index (χ3v) is 2.97. The van der Waals surface area contributed by atoms with E-state index in [2.05, 4.69) is 31.5 Å². The van der Waals surface area contributed by atoms with Crippen LogP contribution in [-0.4, -0.2) is 17.9 Å². The average Bonchev–Trinajstić information content (AvgIpc) is 2.39. The highest BCUT2D eigenvalue weighted by Gasteiger charge is 2.07. The van der Waals surface area contributed by atoms with Crippen molar-refractivity contribution in [2.45, 2.75) is 6.54 Å². The first kappa shape index (κ1) is 13.7. The summed E-state index contributed by atoms with van der Waals surface area (Å²) in [6.45, 7) is 0.766. The Kier molecular flexibility index (Phi) is 4.65. The number of hydrogen-bond acceptors (Lipinski definition) is 3. The molecule has 2 rings (SSSR count). The normalized spacial score (nSPS) is 10.2. The van der Waals surface area contributed by atoms with Gasteiger partial charge in [0.1, 0.15) is 0 Å². The zero-order valence-electron chi connectivity index (χ0n) is 10.5. The van der Waals surface area contributed by atoms with Crippen molar-refractivity contribution >= 4 is 27.5 Å². The highest BCUT2D eigenvalue weighted by Crippen LogP contribution is 2.14. The first-order chi connectivity index (χ1) is 9.19. The maximum absolute atomic E-state index is 12.0. The van der Waals surface area contributed by atoms with Crippen molar-refractivity contribution in [1.82, 2.24) is 10.3 Å². The van der Waals surface area contributed by atoms with Crippen molar-refractivity contribution in [3.05, 3.63) is 58.3 Å². The number of halogens is 1. The van der Waals surface area contributed by atoms with Crippen LogP contribution in [0.1, 0.15) is 15.9 Å². The first-order valence-corrected chi connectivity index (χ1v) is 6.64. The lowest BCUT2D eigenvalue weighted by Gasteiger charge is -2.07. The number of rotatable bonds is 4. The molecule has 1 heterocycles. The van der Waals surface area contributed by atoms with Crippen LogP contribution in [0.4, 0.5) is 5.69 Å². The summed E-state index contributed by atoms with van der Waals surface area (Å²) in [5.41, 5.74) is 2.42. The van der Waals surface area contributed by atoms with Gasteiger partial charge in [-0.25, -0.2) is 0 Å². The molecule has 0 radical (unpaired) electrons. The van der Waals surface area contributed by atoms with E-state index in [4.69, 9.17) is 0 Å². The summed E-state index contributed by atoms with van der Waals surface area (Å²) in [4.78, 5) is 16.0. The monoisotopic (exact) mass is 319 g/mol. The number of benzene rings is 1. The van der Waals surface area contributed by atoms with Crippen LogP contribution in [0.5, 0.6) is 0 Å². The molecule has 0 atom stereocenters. The summed E-state index contributed by atoms with van der Waals surface area (Å²) in [6.07, 6.45) is 3.18. The van der Waals surface area contributed by atoms with Gasteiger partial charge in [0.15, 0.2) is 0 Å². The second kappa shape index (κ2) is 6.45. The Morgan fingerprint density at radius 1 is 1.32 bits per heavy atom. The minimum Gasteiger partial charge on any atom is -0.322 e. The molecule has 0 saturated heterocycles. The van der Waals surface area contributed by atoms with Crippen LogP contribution in [0, 0.1) is 0 Å². The number of anilines is 1. The van der Waals surface area contributed by atoms with Crippen molar-refractivity contribution < 1.29 is 4.79 Å². The van der Waals surface area contributed by atoms with Gasteiger partial charge in [0.05, 0.1) is 5.56 Å². The third-order valence-electron chi connectivity index (χ3n) is 2.53. The van der Waals surface area contributed by atoms with Gasteiger partial charge in [-0.15, -0.1) is 0 Å². The standard InChI is InChI=1S/C14H14BrN3O/c1-16-7-10-3-2-4-13(5-10)18-14(19)11-6-12(15)9-17-8-11/h2-6,8-9,16H,7H2,1H3,(H,18,19). The SMILES string of the molecule is CNCc1cccc(NC(=O)c2cncc(Br)c2)c1. The van der Waals surface area contributed by atoms with E-state index in [1.807, 2.05) is 31.3 Å². The van der Waals surface area contributed by atoms with Gasteiger partial charge in [0.25, 0.3) is 5.91 Å². The Morgan fingerprint density at radius 3 is 2.89 bits per heavy atom. The third kappa shape index (κ3) is 3.87. The number of pyridine rings is 1. The lowest BCUT2D eigenvalue weighted by Crippen LogP contribution is -2.13. The fourth-order valence-electron chi connectivity index (χ4n) is 1.70. The molecule has 1 aromatic heterocycles. The minimum atomic E-state index is -0.171. The quantitative estimate of drug-likeness (QED) is 0.911. The molecule has 5 heteroatoms. The van der Waals surface area contributed by atoms with Crippen molar-refractivity contribution in [2.75, 3.05) is 12.4 Å². The first-order valence-electron chi connectivity index (χ1n) is 5.84.